The van der Waals surface area contributed by atoms with Crippen LogP contribution >= 0.6 is 12.4 Å². The van der Waals surface area contributed by atoms with E-state index in [0.29, 0.717) is 37.6 Å². The fourth-order valence-electron chi connectivity index (χ4n) is 2.57. The number of hydrogen-bond acceptors (Lipinski definition) is 6. The maximum Gasteiger partial charge on any atom is 0.245 e. The van der Waals surface area contributed by atoms with Crippen LogP contribution in [0.3, 0.4) is 0 Å². The predicted molar refractivity (Wildman–Crippen MR) is 86.3 cm³/mol. The third-order valence-electron chi connectivity index (χ3n) is 3.92. The molecule has 1 fully saturated rings. The number of aromatic nitrogens is 1. The van der Waals surface area contributed by atoms with Crippen LogP contribution in [0.4, 0.5) is 5.82 Å². The van der Waals surface area contributed by atoms with Crippen LogP contribution in [-0.2, 0) is 14.3 Å². The third-order valence-corrected chi connectivity index (χ3v) is 3.92. The van der Waals surface area contributed by atoms with Crippen LogP contribution < -0.4 is 11.1 Å². The SMILES string of the molecule is Cc1cc(NC(=O)CN(C)C(=O)C2(CN)CCOCC2)no1.Cl. The van der Waals surface area contributed by atoms with Crippen molar-refractivity contribution in [1.29, 1.82) is 0 Å². The lowest BCUT2D eigenvalue weighted by Gasteiger charge is -2.37. The van der Waals surface area contributed by atoms with Gasteiger partial charge in [0.05, 0.1) is 12.0 Å². The van der Waals surface area contributed by atoms with E-state index in [1.54, 1.807) is 20.0 Å². The molecule has 1 aromatic rings. The molecule has 1 aromatic heterocycles. The zero-order valence-corrected chi connectivity index (χ0v) is 14.1. The summed E-state index contributed by atoms with van der Waals surface area (Å²) in [5.74, 6) is 0.486. The number of carbonyl (C=O) groups excluding carboxylic acids is 2. The smallest absolute Gasteiger partial charge is 0.245 e. The first kappa shape index (κ1) is 19.4. The summed E-state index contributed by atoms with van der Waals surface area (Å²) >= 11 is 0. The highest BCUT2D eigenvalue weighted by Gasteiger charge is 2.40. The van der Waals surface area contributed by atoms with Gasteiger partial charge in [-0.05, 0) is 19.8 Å². The largest absolute Gasteiger partial charge is 0.381 e. The Morgan fingerprint density at radius 3 is 2.61 bits per heavy atom. The fraction of sp³-hybridized carbons (Fsp3) is 0.643. The number of aryl methyl sites for hydroxylation is 1. The molecule has 3 N–H and O–H groups in total. The van der Waals surface area contributed by atoms with Crippen LogP contribution in [0.2, 0.25) is 0 Å². The molecule has 8 nitrogen and oxygen atoms in total. The van der Waals surface area contributed by atoms with Gasteiger partial charge in [0.25, 0.3) is 0 Å². The van der Waals surface area contributed by atoms with Crippen molar-refractivity contribution in [3.8, 4) is 0 Å². The summed E-state index contributed by atoms with van der Waals surface area (Å²) in [6, 6.07) is 1.61. The van der Waals surface area contributed by atoms with Gasteiger partial charge in [-0.3, -0.25) is 9.59 Å². The van der Waals surface area contributed by atoms with Crippen LogP contribution in [0.1, 0.15) is 18.6 Å². The number of anilines is 1. The third kappa shape index (κ3) is 4.66. The van der Waals surface area contributed by atoms with Gasteiger partial charge >= 0.3 is 0 Å². The van der Waals surface area contributed by atoms with Gasteiger partial charge in [-0.25, -0.2) is 0 Å². The minimum atomic E-state index is -0.627. The zero-order valence-electron chi connectivity index (χ0n) is 13.3. The average molecular weight is 347 g/mol. The molecule has 0 aromatic carbocycles. The molecule has 0 aliphatic carbocycles. The first-order chi connectivity index (χ1) is 10.5. The lowest BCUT2D eigenvalue weighted by molar-refractivity contribution is -0.147. The molecule has 0 radical (unpaired) electrons. The van der Waals surface area contributed by atoms with Gasteiger partial charge in [-0.15, -0.1) is 12.4 Å². The average Bonchev–Trinajstić information content (AvgIpc) is 2.91. The molecule has 2 heterocycles. The number of nitrogens with two attached hydrogens (primary N) is 1. The Hall–Kier alpha value is -1.64. The summed E-state index contributed by atoms with van der Waals surface area (Å²) in [5.41, 5.74) is 5.18. The van der Waals surface area contributed by atoms with E-state index in [4.69, 9.17) is 15.0 Å². The van der Waals surface area contributed by atoms with E-state index in [1.807, 2.05) is 0 Å². The van der Waals surface area contributed by atoms with Gasteiger partial charge < -0.3 is 25.2 Å². The van der Waals surface area contributed by atoms with E-state index < -0.39 is 5.41 Å². The standard InChI is InChI=1S/C14H22N4O4.ClH/c1-10-7-11(17-22-10)16-12(19)8-18(2)13(20)14(9-15)3-5-21-6-4-14;/h7H,3-6,8-9,15H2,1-2H3,(H,16,17,19);1H. The topological polar surface area (TPSA) is 111 Å². The Morgan fingerprint density at radius 2 is 2.09 bits per heavy atom. The number of hydrogen-bond donors (Lipinski definition) is 2. The van der Waals surface area contributed by atoms with Crippen molar-refractivity contribution in [1.82, 2.24) is 10.1 Å². The molecule has 1 saturated heterocycles. The van der Waals surface area contributed by atoms with E-state index in [9.17, 15) is 9.59 Å². The molecule has 0 atom stereocenters. The molecule has 2 rings (SSSR count). The molecule has 0 unspecified atom stereocenters. The second-order valence-electron chi connectivity index (χ2n) is 5.63. The molecule has 1 aliphatic heterocycles. The van der Waals surface area contributed by atoms with Crippen LogP contribution in [-0.4, -0.2) is 55.2 Å². The Morgan fingerprint density at radius 1 is 1.43 bits per heavy atom. The van der Waals surface area contributed by atoms with Crippen molar-refractivity contribution >= 4 is 30.0 Å². The van der Waals surface area contributed by atoms with Gasteiger partial charge in [-0.1, -0.05) is 5.16 Å². The summed E-state index contributed by atoms with van der Waals surface area (Å²) in [4.78, 5) is 26.0. The summed E-state index contributed by atoms with van der Waals surface area (Å²) in [6.07, 6.45) is 1.16. The Labute approximate surface area is 141 Å². The van der Waals surface area contributed by atoms with Crippen molar-refractivity contribution in [2.24, 2.45) is 11.1 Å². The van der Waals surface area contributed by atoms with Gasteiger partial charge in [0, 0.05) is 32.9 Å². The molecule has 9 heteroatoms. The van der Waals surface area contributed by atoms with Crippen LogP contribution in [0, 0.1) is 12.3 Å². The van der Waals surface area contributed by atoms with Crippen molar-refractivity contribution < 1.29 is 18.8 Å². The minimum Gasteiger partial charge on any atom is -0.381 e. The van der Waals surface area contributed by atoms with Crippen LogP contribution in [0.5, 0.6) is 0 Å². The monoisotopic (exact) mass is 346 g/mol. The van der Waals surface area contributed by atoms with E-state index in [2.05, 4.69) is 10.5 Å². The number of rotatable bonds is 5. The molecular weight excluding hydrogens is 324 g/mol. The lowest BCUT2D eigenvalue weighted by Crippen LogP contribution is -2.51. The molecule has 23 heavy (non-hydrogen) atoms. The Balaban J connectivity index is 0.00000264. The van der Waals surface area contributed by atoms with Crippen molar-refractivity contribution in [2.75, 3.05) is 38.7 Å². The Kier molecular flexibility index (Phi) is 6.99. The van der Waals surface area contributed by atoms with Gasteiger partial charge in [-0.2, -0.15) is 0 Å². The van der Waals surface area contributed by atoms with Gasteiger partial charge in [0.1, 0.15) is 5.76 Å². The number of ether oxygens (including phenoxy) is 1. The van der Waals surface area contributed by atoms with Crippen molar-refractivity contribution in [2.45, 2.75) is 19.8 Å². The molecule has 0 saturated carbocycles. The quantitative estimate of drug-likeness (QED) is 0.805. The molecule has 0 spiro atoms. The van der Waals surface area contributed by atoms with E-state index in [-0.39, 0.29) is 37.3 Å². The maximum absolute atomic E-state index is 12.6. The molecule has 0 bridgehead atoms. The highest BCUT2D eigenvalue weighted by Crippen LogP contribution is 2.31. The van der Waals surface area contributed by atoms with E-state index in [0.717, 1.165) is 0 Å². The second kappa shape index (κ2) is 8.28. The predicted octanol–water partition coefficient (Wildman–Crippen LogP) is 0.557. The normalized spacial score (nSPS) is 16.3. The number of likely N-dealkylation sites (N-methyl/N-ethyl adjacent to an activating group) is 1. The first-order valence-electron chi connectivity index (χ1n) is 7.23. The minimum absolute atomic E-state index is 0. The lowest BCUT2D eigenvalue weighted by atomic mass is 9.79. The number of amides is 2. The molecule has 1 aliphatic rings. The number of nitrogens with zero attached hydrogens (tertiary/aromatic N) is 2. The summed E-state index contributed by atoms with van der Waals surface area (Å²) in [7, 11) is 1.60. The highest BCUT2D eigenvalue weighted by molar-refractivity contribution is 5.94. The Bertz CT molecular complexity index is 543. The van der Waals surface area contributed by atoms with Gasteiger partial charge in [0.2, 0.25) is 11.8 Å². The fourth-order valence-corrected chi connectivity index (χ4v) is 2.57. The number of halogens is 1. The molecular formula is C14H23ClN4O4. The number of nitrogens with one attached hydrogen (secondary N) is 1. The van der Waals surface area contributed by atoms with E-state index >= 15 is 0 Å². The summed E-state index contributed by atoms with van der Waals surface area (Å²) in [5, 5.41) is 6.27. The van der Waals surface area contributed by atoms with Crippen LogP contribution in [0.25, 0.3) is 0 Å². The van der Waals surface area contributed by atoms with Crippen molar-refractivity contribution in [3.63, 3.8) is 0 Å². The van der Waals surface area contributed by atoms with Gasteiger partial charge in [0.15, 0.2) is 5.82 Å². The molecule has 2 amide bonds. The van der Waals surface area contributed by atoms with Crippen molar-refractivity contribution in [3.05, 3.63) is 11.8 Å². The summed E-state index contributed by atoms with van der Waals surface area (Å²) in [6.45, 7) is 2.95. The van der Waals surface area contributed by atoms with Crippen LogP contribution in [0.15, 0.2) is 10.6 Å². The highest BCUT2D eigenvalue weighted by atomic mass is 35.5. The molecule has 130 valence electrons. The summed E-state index contributed by atoms with van der Waals surface area (Å²) < 4.78 is 10.2. The second-order valence-corrected chi connectivity index (χ2v) is 5.63. The zero-order chi connectivity index (χ0) is 16.2. The van der Waals surface area contributed by atoms with E-state index in [1.165, 1.54) is 4.90 Å². The maximum atomic E-state index is 12.6. The first-order valence-corrected chi connectivity index (χ1v) is 7.23. The number of carbonyl (C=O) groups is 2.